The second-order valence-electron chi connectivity index (χ2n) is 8.37. The quantitative estimate of drug-likeness (QED) is 0.345. The number of nitrogens with one attached hydrogen (secondary N) is 1. The number of rotatable bonds is 6. The lowest BCUT2D eigenvalue weighted by Crippen LogP contribution is -2.32. The topological polar surface area (TPSA) is 92.8 Å². The molecule has 1 atom stereocenters. The van der Waals surface area contributed by atoms with Crippen molar-refractivity contribution in [2.75, 3.05) is 11.9 Å². The van der Waals surface area contributed by atoms with Gasteiger partial charge in [-0.15, -0.1) is 0 Å². The third-order valence-corrected chi connectivity index (χ3v) is 6.79. The van der Waals surface area contributed by atoms with Gasteiger partial charge in [0.25, 0.3) is 17.7 Å². The highest BCUT2D eigenvalue weighted by Gasteiger charge is 2.39. The number of imide groups is 1. The van der Waals surface area contributed by atoms with Crippen molar-refractivity contribution in [1.29, 1.82) is 0 Å². The summed E-state index contributed by atoms with van der Waals surface area (Å²) in [7, 11) is 0. The Balaban J connectivity index is 1.44. The summed E-state index contributed by atoms with van der Waals surface area (Å²) in [5.41, 5.74) is 3.72. The van der Waals surface area contributed by atoms with Crippen molar-refractivity contribution in [3.05, 3.63) is 98.5 Å². The van der Waals surface area contributed by atoms with E-state index in [0.717, 1.165) is 21.2 Å². The van der Waals surface area contributed by atoms with Gasteiger partial charge in [-0.1, -0.05) is 46.3 Å². The van der Waals surface area contributed by atoms with E-state index in [9.17, 15) is 19.2 Å². The summed E-state index contributed by atoms with van der Waals surface area (Å²) in [5.74, 6) is -2.14. The van der Waals surface area contributed by atoms with Crippen LogP contribution in [0.2, 0.25) is 0 Å². The average Bonchev–Trinajstić information content (AvgIpc) is 3.10. The second-order valence-corrected chi connectivity index (χ2v) is 9.22. The third kappa shape index (κ3) is 4.88. The maximum absolute atomic E-state index is 13.0. The van der Waals surface area contributed by atoms with E-state index in [1.807, 2.05) is 56.3 Å². The summed E-state index contributed by atoms with van der Waals surface area (Å²) in [6.45, 7) is 5.05. The standard InChI is InChI=1S/C27H23BrN2O5/c1-15-12-23(16(2)11-22(15)28)29-24(31)14-35-27(34)19-9-10-20-21(13-19)26(33)30(25(20)32)17(3)18-7-5-4-6-8-18/h4-13,17H,14H2,1-3H3,(H,29,31)/t17-/m1/s1. The number of halogens is 1. The lowest BCUT2D eigenvalue weighted by molar-refractivity contribution is -0.119. The molecule has 7 nitrogen and oxygen atoms in total. The lowest BCUT2D eigenvalue weighted by Gasteiger charge is -2.22. The van der Waals surface area contributed by atoms with E-state index in [1.54, 1.807) is 6.92 Å². The lowest BCUT2D eigenvalue weighted by atomic mass is 10.1. The number of aryl methyl sites for hydroxylation is 2. The summed E-state index contributed by atoms with van der Waals surface area (Å²) in [6.07, 6.45) is 0. The average molecular weight is 535 g/mol. The molecule has 1 N–H and O–H groups in total. The van der Waals surface area contributed by atoms with Crippen molar-refractivity contribution in [3.8, 4) is 0 Å². The van der Waals surface area contributed by atoms with Gasteiger partial charge in [0, 0.05) is 10.2 Å². The fraction of sp³-hybridized carbons (Fsp3) is 0.185. The molecule has 178 valence electrons. The van der Waals surface area contributed by atoms with Crippen molar-refractivity contribution in [2.24, 2.45) is 0 Å². The van der Waals surface area contributed by atoms with Crippen LogP contribution in [0.1, 0.15) is 60.7 Å². The van der Waals surface area contributed by atoms with Gasteiger partial charge >= 0.3 is 5.97 Å². The third-order valence-electron chi connectivity index (χ3n) is 5.94. The van der Waals surface area contributed by atoms with Gasteiger partial charge in [0.2, 0.25) is 0 Å². The maximum Gasteiger partial charge on any atom is 0.338 e. The van der Waals surface area contributed by atoms with E-state index >= 15 is 0 Å². The van der Waals surface area contributed by atoms with Gasteiger partial charge in [-0.3, -0.25) is 19.3 Å². The SMILES string of the molecule is Cc1cc(NC(=O)COC(=O)c2ccc3c(c2)C(=O)N([C@H](C)c2ccccc2)C3=O)c(C)cc1Br. The van der Waals surface area contributed by atoms with Gasteiger partial charge in [0.05, 0.1) is 22.7 Å². The number of fused-ring (bicyclic) bond motifs is 1. The molecule has 0 saturated heterocycles. The van der Waals surface area contributed by atoms with Crippen LogP contribution >= 0.6 is 15.9 Å². The molecular weight excluding hydrogens is 512 g/mol. The summed E-state index contributed by atoms with van der Waals surface area (Å²) < 4.78 is 6.08. The molecule has 3 amide bonds. The summed E-state index contributed by atoms with van der Waals surface area (Å²) in [5, 5.41) is 2.73. The van der Waals surface area contributed by atoms with Crippen LogP contribution in [0.5, 0.6) is 0 Å². The molecule has 0 aliphatic carbocycles. The Morgan fingerprint density at radius 3 is 2.34 bits per heavy atom. The molecule has 1 aliphatic heterocycles. The number of carbonyl (C=O) groups is 4. The Labute approximate surface area is 211 Å². The maximum atomic E-state index is 13.0. The smallest absolute Gasteiger partial charge is 0.338 e. The van der Waals surface area contributed by atoms with Crippen molar-refractivity contribution in [1.82, 2.24) is 4.90 Å². The van der Waals surface area contributed by atoms with Crippen LogP contribution in [-0.4, -0.2) is 35.2 Å². The highest BCUT2D eigenvalue weighted by atomic mass is 79.9. The molecule has 1 heterocycles. The highest BCUT2D eigenvalue weighted by molar-refractivity contribution is 9.10. The van der Waals surface area contributed by atoms with Crippen molar-refractivity contribution >= 4 is 45.3 Å². The molecule has 0 radical (unpaired) electrons. The molecule has 1 aliphatic rings. The minimum Gasteiger partial charge on any atom is -0.452 e. The number of hydrogen-bond donors (Lipinski definition) is 1. The van der Waals surface area contributed by atoms with Gasteiger partial charge in [-0.2, -0.15) is 0 Å². The van der Waals surface area contributed by atoms with E-state index in [-0.39, 0.29) is 16.7 Å². The van der Waals surface area contributed by atoms with E-state index in [0.29, 0.717) is 5.69 Å². The van der Waals surface area contributed by atoms with Crippen LogP contribution in [0.3, 0.4) is 0 Å². The first-order valence-electron chi connectivity index (χ1n) is 11.0. The van der Waals surface area contributed by atoms with Gasteiger partial charge in [-0.05, 0) is 67.8 Å². The molecule has 8 heteroatoms. The van der Waals surface area contributed by atoms with E-state index < -0.39 is 36.3 Å². The molecule has 35 heavy (non-hydrogen) atoms. The zero-order chi connectivity index (χ0) is 25.3. The Bertz CT molecular complexity index is 1350. The number of amides is 3. The van der Waals surface area contributed by atoms with Gasteiger partial charge < -0.3 is 10.1 Å². The Kier molecular flexibility index (Phi) is 6.84. The van der Waals surface area contributed by atoms with Crippen molar-refractivity contribution in [3.63, 3.8) is 0 Å². The highest BCUT2D eigenvalue weighted by Crippen LogP contribution is 2.32. The normalized spacial score (nSPS) is 13.4. The monoisotopic (exact) mass is 534 g/mol. The number of anilines is 1. The molecule has 0 spiro atoms. The number of esters is 1. The first-order valence-corrected chi connectivity index (χ1v) is 11.8. The van der Waals surface area contributed by atoms with Crippen LogP contribution in [0, 0.1) is 13.8 Å². The van der Waals surface area contributed by atoms with Crippen LogP contribution in [-0.2, 0) is 9.53 Å². The summed E-state index contributed by atoms with van der Waals surface area (Å²) >= 11 is 3.44. The van der Waals surface area contributed by atoms with Crippen LogP contribution < -0.4 is 5.32 Å². The van der Waals surface area contributed by atoms with Gasteiger partial charge in [0.15, 0.2) is 6.61 Å². The van der Waals surface area contributed by atoms with E-state index in [1.165, 1.54) is 23.1 Å². The Hall–Kier alpha value is -3.78. The molecule has 0 bridgehead atoms. The molecule has 3 aromatic carbocycles. The molecule has 4 rings (SSSR count). The van der Waals surface area contributed by atoms with Crippen LogP contribution in [0.4, 0.5) is 5.69 Å². The first-order chi connectivity index (χ1) is 16.7. The zero-order valence-electron chi connectivity index (χ0n) is 19.4. The number of carbonyl (C=O) groups excluding carboxylic acids is 4. The molecule has 0 saturated carbocycles. The molecule has 0 aromatic heterocycles. The first kappa shape index (κ1) is 24.3. The molecule has 0 unspecified atom stereocenters. The molecule has 3 aromatic rings. The van der Waals surface area contributed by atoms with Gasteiger partial charge in [0.1, 0.15) is 0 Å². The molecule has 0 fully saturated rings. The number of benzene rings is 3. The predicted octanol–water partition coefficient (Wildman–Crippen LogP) is 5.22. The minimum atomic E-state index is -0.763. The minimum absolute atomic E-state index is 0.0857. The zero-order valence-corrected chi connectivity index (χ0v) is 21.0. The number of ether oxygens (including phenoxy) is 1. The van der Waals surface area contributed by atoms with Crippen molar-refractivity contribution in [2.45, 2.75) is 26.8 Å². The van der Waals surface area contributed by atoms with Gasteiger partial charge in [-0.25, -0.2) is 4.79 Å². The van der Waals surface area contributed by atoms with Crippen LogP contribution in [0.15, 0.2) is 65.1 Å². The number of hydrogen-bond acceptors (Lipinski definition) is 5. The summed E-state index contributed by atoms with van der Waals surface area (Å²) in [6, 6.07) is 16.7. The largest absolute Gasteiger partial charge is 0.452 e. The van der Waals surface area contributed by atoms with Crippen molar-refractivity contribution < 1.29 is 23.9 Å². The fourth-order valence-corrected chi connectivity index (χ4v) is 4.39. The fourth-order valence-electron chi connectivity index (χ4n) is 3.94. The van der Waals surface area contributed by atoms with E-state index in [4.69, 9.17) is 4.74 Å². The van der Waals surface area contributed by atoms with E-state index in [2.05, 4.69) is 21.2 Å². The Morgan fingerprint density at radius 1 is 0.943 bits per heavy atom. The molecular formula is C27H23BrN2O5. The second kappa shape index (κ2) is 9.84. The Morgan fingerprint density at radius 2 is 1.63 bits per heavy atom. The number of nitrogens with zero attached hydrogens (tertiary/aromatic N) is 1. The summed E-state index contributed by atoms with van der Waals surface area (Å²) in [4.78, 5) is 52.0. The van der Waals surface area contributed by atoms with Crippen LogP contribution in [0.25, 0.3) is 0 Å². The predicted molar refractivity (Wildman–Crippen MR) is 134 cm³/mol.